The largest absolute Gasteiger partial charge is 0.338 e. The Morgan fingerprint density at radius 1 is 1.33 bits per heavy atom. The number of hydrogen-bond donors (Lipinski definition) is 0. The molecule has 86 valence electrons. The van der Waals surface area contributed by atoms with Crippen LogP contribution in [-0.4, -0.2) is 39.7 Å². The number of nitrogens with zero attached hydrogens (tertiary/aromatic N) is 1. The van der Waals surface area contributed by atoms with Gasteiger partial charge in [0.25, 0.3) is 0 Å². The molecule has 0 aromatic rings. The highest BCUT2D eigenvalue weighted by atomic mass is 79.9. The number of thioether (sulfide) groups is 1. The van der Waals surface area contributed by atoms with Gasteiger partial charge < -0.3 is 4.90 Å². The zero-order chi connectivity index (χ0) is 10.7. The van der Waals surface area contributed by atoms with Gasteiger partial charge in [0.2, 0.25) is 5.91 Å². The van der Waals surface area contributed by atoms with E-state index in [1.54, 1.807) is 0 Å². The molecule has 2 aliphatic heterocycles. The third-order valence-electron chi connectivity index (χ3n) is 3.29. The third kappa shape index (κ3) is 2.70. The van der Waals surface area contributed by atoms with Crippen molar-refractivity contribution in [2.45, 2.75) is 43.4 Å². The van der Waals surface area contributed by atoms with Gasteiger partial charge in [-0.05, 0) is 31.4 Å². The normalized spacial score (nSPS) is 31.9. The summed E-state index contributed by atoms with van der Waals surface area (Å²) < 4.78 is 0. The van der Waals surface area contributed by atoms with Crippen LogP contribution in [-0.2, 0) is 4.79 Å². The van der Waals surface area contributed by atoms with Gasteiger partial charge in [-0.25, -0.2) is 0 Å². The number of halogens is 1. The second-order valence-corrected chi connectivity index (χ2v) is 6.30. The highest BCUT2D eigenvalue weighted by molar-refractivity contribution is 9.09. The minimum absolute atomic E-state index is 0.262. The molecule has 2 fully saturated rings. The molecule has 2 unspecified atom stereocenters. The minimum atomic E-state index is 0.262. The average molecular weight is 292 g/mol. The molecule has 0 saturated carbocycles. The number of hydrogen-bond acceptors (Lipinski definition) is 2. The molecule has 0 bridgehead atoms. The molecule has 0 aromatic carbocycles. The monoisotopic (exact) mass is 291 g/mol. The summed E-state index contributed by atoms with van der Waals surface area (Å²) in [6.07, 6.45) is 5.97. The van der Waals surface area contributed by atoms with E-state index in [2.05, 4.69) is 20.8 Å². The Hall–Kier alpha value is 0.300. The fourth-order valence-electron chi connectivity index (χ4n) is 2.41. The molecule has 2 rings (SSSR count). The summed E-state index contributed by atoms with van der Waals surface area (Å²) in [4.78, 5) is 14.4. The van der Waals surface area contributed by atoms with Gasteiger partial charge in [0, 0.05) is 17.9 Å². The summed E-state index contributed by atoms with van der Waals surface area (Å²) in [7, 11) is 0. The molecule has 0 aliphatic carbocycles. The fourth-order valence-corrected chi connectivity index (χ4v) is 4.35. The van der Waals surface area contributed by atoms with Crippen LogP contribution in [0.3, 0.4) is 0 Å². The number of amides is 1. The van der Waals surface area contributed by atoms with Crippen LogP contribution < -0.4 is 0 Å². The first kappa shape index (κ1) is 11.8. The van der Waals surface area contributed by atoms with Crippen LogP contribution in [0.15, 0.2) is 0 Å². The lowest BCUT2D eigenvalue weighted by atomic mass is 10.1. The van der Waals surface area contributed by atoms with E-state index in [0.29, 0.717) is 11.9 Å². The van der Waals surface area contributed by atoms with Gasteiger partial charge >= 0.3 is 0 Å². The molecule has 2 heterocycles. The molecular formula is C11H18BrNOS. The lowest BCUT2D eigenvalue weighted by Gasteiger charge is -2.29. The van der Waals surface area contributed by atoms with E-state index < -0.39 is 0 Å². The second-order valence-electron chi connectivity index (χ2n) is 4.34. The van der Waals surface area contributed by atoms with E-state index in [9.17, 15) is 4.79 Å². The highest BCUT2D eigenvalue weighted by Crippen LogP contribution is 2.29. The van der Waals surface area contributed by atoms with E-state index in [4.69, 9.17) is 0 Å². The maximum absolute atomic E-state index is 12.3. The van der Waals surface area contributed by atoms with Crippen LogP contribution in [0.2, 0.25) is 0 Å². The van der Waals surface area contributed by atoms with Crippen LogP contribution >= 0.6 is 27.7 Å². The number of likely N-dealkylation sites (tertiary alicyclic amines) is 1. The van der Waals surface area contributed by atoms with Gasteiger partial charge in [0.1, 0.15) is 0 Å². The number of alkyl halides is 1. The highest BCUT2D eigenvalue weighted by Gasteiger charge is 2.33. The van der Waals surface area contributed by atoms with Crippen molar-refractivity contribution in [1.82, 2.24) is 4.90 Å². The van der Waals surface area contributed by atoms with Gasteiger partial charge in [0.05, 0.1) is 5.25 Å². The van der Waals surface area contributed by atoms with Gasteiger partial charge in [0.15, 0.2) is 0 Å². The number of rotatable bonds is 2. The summed E-state index contributed by atoms with van der Waals surface area (Å²) in [6, 6.07) is 0.458. The molecule has 2 nitrogen and oxygen atoms in total. The maximum Gasteiger partial charge on any atom is 0.235 e. The van der Waals surface area contributed by atoms with E-state index in [1.807, 2.05) is 11.8 Å². The Bertz CT molecular complexity index is 231. The average Bonchev–Trinajstić information content (AvgIpc) is 2.77. The summed E-state index contributed by atoms with van der Waals surface area (Å²) in [6.45, 7) is 0.978. The molecule has 2 atom stereocenters. The summed E-state index contributed by atoms with van der Waals surface area (Å²) in [5.41, 5.74) is 0. The topological polar surface area (TPSA) is 20.3 Å². The van der Waals surface area contributed by atoms with Crippen molar-refractivity contribution in [3.63, 3.8) is 0 Å². The molecule has 2 aliphatic rings. The Morgan fingerprint density at radius 2 is 2.20 bits per heavy atom. The first-order valence-corrected chi connectivity index (χ1v) is 7.98. The first-order valence-electron chi connectivity index (χ1n) is 5.81. The Morgan fingerprint density at radius 3 is 2.87 bits per heavy atom. The fraction of sp³-hybridized carbons (Fsp3) is 0.909. The number of carbonyl (C=O) groups is 1. The van der Waals surface area contributed by atoms with Crippen LogP contribution in [0.4, 0.5) is 0 Å². The van der Waals surface area contributed by atoms with E-state index in [1.165, 1.54) is 31.4 Å². The van der Waals surface area contributed by atoms with Crippen molar-refractivity contribution < 1.29 is 4.79 Å². The zero-order valence-corrected chi connectivity index (χ0v) is 11.4. The lowest BCUT2D eigenvalue weighted by Crippen LogP contribution is -2.42. The number of carbonyl (C=O) groups excluding carboxylic acids is 1. The van der Waals surface area contributed by atoms with Gasteiger partial charge in [-0.3, -0.25) is 4.79 Å². The Labute approximate surface area is 104 Å². The second kappa shape index (κ2) is 5.58. The van der Waals surface area contributed by atoms with Crippen LogP contribution in [0.25, 0.3) is 0 Å². The van der Waals surface area contributed by atoms with E-state index in [-0.39, 0.29) is 5.25 Å². The molecule has 15 heavy (non-hydrogen) atoms. The molecule has 0 aromatic heterocycles. The van der Waals surface area contributed by atoms with E-state index >= 15 is 0 Å². The van der Waals surface area contributed by atoms with Gasteiger partial charge in [-0.2, -0.15) is 0 Å². The molecule has 0 spiro atoms. The molecule has 0 radical (unpaired) electrons. The summed E-state index contributed by atoms with van der Waals surface area (Å²) in [5, 5.41) is 1.20. The van der Waals surface area contributed by atoms with Crippen molar-refractivity contribution in [3.05, 3.63) is 0 Å². The Kier molecular flexibility index (Phi) is 4.38. The van der Waals surface area contributed by atoms with Crippen LogP contribution in [0.1, 0.15) is 32.1 Å². The predicted molar refractivity (Wildman–Crippen MR) is 68.6 cm³/mol. The van der Waals surface area contributed by atoms with Crippen molar-refractivity contribution in [2.75, 3.05) is 17.6 Å². The Balaban J connectivity index is 1.93. The quantitative estimate of drug-likeness (QED) is 0.729. The molecule has 0 N–H and O–H groups in total. The van der Waals surface area contributed by atoms with Crippen LogP contribution in [0.5, 0.6) is 0 Å². The lowest BCUT2D eigenvalue weighted by molar-refractivity contribution is -0.131. The molecule has 2 saturated heterocycles. The maximum atomic E-state index is 12.3. The molecular weight excluding hydrogens is 274 g/mol. The SMILES string of the molecule is O=C(C1CCCCS1)N1CCCC1CBr. The van der Waals surface area contributed by atoms with Crippen LogP contribution in [0, 0.1) is 0 Å². The molecule has 1 amide bonds. The summed E-state index contributed by atoms with van der Waals surface area (Å²) in [5.74, 6) is 1.57. The summed E-state index contributed by atoms with van der Waals surface area (Å²) >= 11 is 5.37. The zero-order valence-electron chi connectivity index (χ0n) is 8.95. The smallest absolute Gasteiger partial charge is 0.235 e. The standard InChI is InChI=1S/C11H18BrNOS/c12-8-9-4-3-6-13(9)11(14)10-5-1-2-7-15-10/h9-10H,1-8H2. The van der Waals surface area contributed by atoms with Gasteiger partial charge in [-0.1, -0.05) is 22.4 Å². The van der Waals surface area contributed by atoms with Crippen molar-refractivity contribution >= 4 is 33.6 Å². The van der Waals surface area contributed by atoms with Gasteiger partial charge in [-0.15, -0.1) is 11.8 Å². The predicted octanol–water partition coefficient (Wildman–Crippen LogP) is 2.66. The first-order chi connectivity index (χ1) is 7.33. The minimum Gasteiger partial charge on any atom is -0.338 e. The van der Waals surface area contributed by atoms with Crippen molar-refractivity contribution in [3.8, 4) is 0 Å². The van der Waals surface area contributed by atoms with Crippen molar-refractivity contribution in [1.29, 1.82) is 0 Å². The van der Waals surface area contributed by atoms with E-state index in [0.717, 1.165) is 18.3 Å². The molecule has 4 heteroatoms. The third-order valence-corrected chi connectivity index (χ3v) is 5.40. The van der Waals surface area contributed by atoms with Crippen molar-refractivity contribution in [2.24, 2.45) is 0 Å².